The molecule has 126 valence electrons. The van der Waals surface area contributed by atoms with Gasteiger partial charge in [-0.1, -0.05) is 13.8 Å². The van der Waals surface area contributed by atoms with Crippen LogP contribution in [-0.4, -0.2) is 41.1 Å². The lowest BCUT2D eigenvalue weighted by Crippen LogP contribution is -2.13. The van der Waals surface area contributed by atoms with Crippen molar-refractivity contribution < 1.29 is 4.79 Å². The molecule has 1 amide bonds. The van der Waals surface area contributed by atoms with Gasteiger partial charge >= 0.3 is 0 Å². The van der Waals surface area contributed by atoms with E-state index in [2.05, 4.69) is 35.8 Å². The predicted octanol–water partition coefficient (Wildman–Crippen LogP) is 1.92. The van der Waals surface area contributed by atoms with Crippen molar-refractivity contribution in [2.24, 2.45) is 7.05 Å². The SMILES string of the molecule is Cc1nn(C)c(C)c1-c1cc(C(=O)Nc2n[nH]c(C(C)C)n2)[nH]n1. The molecule has 0 aliphatic heterocycles. The highest BCUT2D eigenvalue weighted by atomic mass is 16.2. The Kier molecular flexibility index (Phi) is 3.92. The minimum absolute atomic E-state index is 0.207. The predicted molar refractivity (Wildman–Crippen MR) is 88.7 cm³/mol. The van der Waals surface area contributed by atoms with Crippen LogP contribution in [0.1, 0.15) is 47.5 Å². The number of carbonyl (C=O) groups is 1. The third kappa shape index (κ3) is 2.80. The van der Waals surface area contributed by atoms with Gasteiger partial charge in [0, 0.05) is 24.2 Å². The summed E-state index contributed by atoms with van der Waals surface area (Å²) in [6, 6.07) is 1.70. The monoisotopic (exact) mass is 328 g/mol. The molecule has 24 heavy (non-hydrogen) atoms. The van der Waals surface area contributed by atoms with Crippen LogP contribution in [0.5, 0.6) is 0 Å². The molecular formula is C15H20N8O. The molecular weight excluding hydrogens is 308 g/mol. The maximum Gasteiger partial charge on any atom is 0.276 e. The molecule has 3 N–H and O–H groups in total. The van der Waals surface area contributed by atoms with E-state index in [0.717, 1.165) is 22.8 Å². The van der Waals surface area contributed by atoms with E-state index in [1.165, 1.54) is 0 Å². The van der Waals surface area contributed by atoms with E-state index in [4.69, 9.17) is 0 Å². The van der Waals surface area contributed by atoms with Crippen LogP contribution >= 0.6 is 0 Å². The molecule has 0 aliphatic carbocycles. The van der Waals surface area contributed by atoms with E-state index in [1.54, 1.807) is 10.7 Å². The molecule has 9 nitrogen and oxygen atoms in total. The van der Waals surface area contributed by atoms with Crippen LogP contribution in [-0.2, 0) is 7.05 Å². The van der Waals surface area contributed by atoms with Crippen molar-refractivity contribution in [1.82, 2.24) is 35.2 Å². The molecule has 0 saturated heterocycles. The third-order valence-corrected chi connectivity index (χ3v) is 3.86. The summed E-state index contributed by atoms with van der Waals surface area (Å²) in [6.45, 7) is 7.86. The highest BCUT2D eigenvalue weighted by molar-refractivity contribution is 6.02. The average Bonchev–Trinajstić information content (AvgIpc) is 3.20. The first-order chi connectivity index (χ1) is 11.4. The highest BCUT2D eigenvalue weighted by Crippen LogP contribution is 2.25. The lowest BCUT2D eigenvalue weighted by atomic mass is 10.1. The number of anilines is 1. The quantitative estimate of drug-likeness (QED) is 0.676. The molecule has 3 aromatic heterocycles. The van der Waals surface area contributed by atoms with Gasteiger partial charge in [-0.15, -0.1) is 5.10 Å². The number of hydrogen-bond donors (Lipinski definition) is 3. The van der Waals surface area contributed by atoms with E-state index in [9.17, 15) is 4.79 Å². The lowest BCUT2D eigenvalue weighted by molar-refractivity contribution is 0.102. The van der Waals surface area contributed by atoms with E-state index < -0.39 is 0 Å². The van der Waals surface area contributed by atoms with Gasteiger partial charge in [-0.2, -0.15) is 15.2 Å². The van der Waals surface area contributed by atoms with Gasteiger partial charge in [0.15, 0.2) is 0 Å². The molecule has 0 unspecified atom stereocenters. The third-order valence-electron chi connectivity index (χ3n) is 3.86. The minimum Gasteiger partial charge on any atom is -0.288 e. The zero-order valence-corrected chi connectivity index (χ0v) is 14.3. The van der Waals surface area contributed by atoms with Crippen LogP contribution in [0.2, 0.25) is 0 Å². The number of hydrogen-bond acceptors (Lipinski definition) is 5. The van der Waals surface area contributed by atoms with E-state index >= 15 is 0 Å². The topological polar surface area (TPSA) is 117 Å². The standard InChI is InChI=1S/C15H20N8O/c1-7(2)13-16-15(21-20-13)17-14(24)11-6-10(18-19-11)12-8(3)22-23(5)9(12)4/h6-7H,1-5H3,(H,18,19)(H2,16,17,20,21,24). The fourth-order valence-electron chi connectivity index (χ4n) is 2.47. The van der Waals surface area contributed by atoms with Crippen molar-refractivity contribution in [3.8, 4) is 11.3 Å². The Balaban J connectivity index is 1.80. The average molecular weight is 328 g/mol. The van der Waals surface area contributed by atoms with Crippen molar-refractivity contribution in [1.29, 1.82) is 0 Å². The number of aromatic amines is 2. The van der Waals surface area contributed by atoms with Crippen molar-refractivity contribution in [2.75, 3.05) is 5.32 Å². The number of rotatable bonds is 4. The van der Waals surface area contributed by atoms with Crippen LogP contribution < -0.4 is 5.32 Å². The lowest BCUT2D eigenvalue weighted by Gasteiger charge is -1.98. The summed E-state index contributed by atoms with van der Waals surface area (Å²) >= 11 is 0. The summed E-state index contributed by atoms with van der Waals surface area (Å²) < 4.78 is 1.79. The van der Waals surface area contributed by atoms with E-state index in [-0.39, 0.29) is 17.8 Å². The van der Waals surface area contributed by atoms with Crippen molar-refractivity contribution >= 4 is 11.9 Å². The molecule has 0 aromatic carbocycles. The Bertz CT molecular complexity index is 885. The fourth-order valence-corrected chi connectivity index (χ4v) is 2.47. The molecule has 0 aliphatic rings. The van der Waals surface area contributed by atoms with Gasteiger partial charge in [0.25, 0.3) is 5.91 Å². The van der Waals surface area contributed by atoms with Crippen LogP contribution in [0.4, 0.5) is 5.95 Å². The molecule has 0 saturated carbocycles. The van der Waals surface area contributed by atoms with Gasteiger partial charge in [-0.05, 0) is 19.9 Å². The minimum atomic E-state index is -0.345. The van der Waals surface area contributed by atoms with Gasteiger partial charge in [0.2, 0.25) is 5.95 Å². The number of nitrogens with zero attached hydrogens (tertiary/aromatic N) is 5. The normalized spacial score (nSPS) is 11.2. The van der Waals surface area contributed by atoms with Gasteiger partial charge < -0.3 is 0 Å². The summed E-state index contributed by atoms with van der Waals surface area (Å²) in [4.78, 5) is 16.5. The fraction of sp³-hybridized carbons (Fsp3) is 0.400. The summed E-state index contributed by atoms with van der Waals surface area (Å²) in [6.07, 6.45) is 0. The Labute approximate surface area is 138 Å². The number of aromatic nitrogens is 7. The second-order valence-electron chi connectivity index (χ2n) is 5.99. The Morgan fingerprint density at radius 1 is 1.25 bits per heavy atom. The van der Waals surface area contributed by atoms with Crippen LogP contribution in [0.25, 0.3) is 11.3 Å². The highest BCUT2D eigenvalue weighted by Gasteiger charge is 2.18. The zero-order valence-electron chi connectivity index (χ0n) is 14.3. The number of nitrogens with one attached hydrogen (secondary N) is 3. The molecule has 0 bridgehead atoms. The van der Waals surface area contributed by atoms with Crippen molar-refractivity contribution in [3.05, 3.63) is 29.0 Å². The van der Waals surface area contributed by atoms with Crippen LogP contribution in [0, 0.1) is 13.8 Å². The smallest absolute Gasteiger partial charge is 0.276 e. The number of amides is 1. The molecule has 0 spiro atoms. The maximum atomic E-state index is 12.3. The zero-order chi connectivity index (χ0) is 17.4. The van der Waals surface area contributed by atoms with Crippen LogP contribution in [0.15, 0.2) is 6.07 Å². The first-order valence-electron chi connectivity index (χ1n) is 7.66. The molecule has 9 heteroatoms. The van der Waals surface area contributed by atoms with E-state index in [0.29, 0.717) is 11.4 Å². The number of carbonyl (C=O) groups excluding carboxylic acids is 1. The Hall–Kier alpha value is -2.97. The second kappa shape index (κ2) is 5.91. The maximum absolute atomic E-state index is 12.3. The molecule has 0 fully saturated rings. The van der Waals surface area contributed by atoms with Crippen LogP contribution in [0.3, 0.4) is 0 Å². The summed E-state index contributed by atoms with van der Waals surface area (Å²) in [5.74, 6) is 0.825. The molecule has 3 rings (SSSR count). The first-order valence-corrected chi connectivity index (χ1v) is 7.66. The summed E-state index contributed by atoms with van der Waals surface area (Å²) in [5.41, 5.74) is 3.79. The molecule has 3 aromatic rings. The van der Waals surface area contributed by atoms with Crippen molar-refractivity contribution in [2.45, 2.75) is 33.6 Å². The van der Waals surface area contributed by atoms with Gasteiger partial charge in [0.1, 0.15) is 11.5 Å². The Morgan fingerprint density at radius 2 is 2.00 bits per heavy atom. The second-order valence-corrected chi connectivity index (χ2v) is 5.99. The van der Waals surface area contributed by atoms with Gasteiger partial charge in [0.05, 0.1) is 11.4 Å². The molecule has 3 heterocycles. The van der Waals surface area contributed by atoms with Gasteiger partial charge in [-0.3, -0.25) is 25.0 Å². The van der Waals surface area contributed by atoms with Gasteiger partial charge in [-0.25, -0.2) is 0 Å². The number of H-pyrrole nitrogens is 2. The molecule has 0 atom stereocenters. The largest absolute Gasteiger partial charge is 0.288 e. The van der Waals surface area contributed by atoms with Crippen molar-refractivity contribution in [3.63, 3.8) is 0 Å². The summed E-state index contributed by atoms with van der Waals surface area (Å²) in [5, 5.41) is 20.8. The molecule has 0 radical (unpaired) electrons. The summed E-state index contributed by atoms with van der Waals surface area (Å²) in [7, 11) is 1.88. The Morgan fingerprint density at radius 3 is 2.58 bits per heavy atom. The number of aryl methyl sites for hydroxylation is 2. The first kappa shape index (κ1) is 15.9. The van der Waals surface area contributed by atoms with E-state index in [1.807, 2.05) is 34.7 Å².